The Balaban J connectivity index is 2.09. The number of methoxy groups -OCH3 is 1. The molecule has 1 fully saturated rings. The average Bonchev–Trinajstić information content (AvgIpc) is 2.50. The van der Waals surface area contributed by atoms with Crippen LogP contribution < -0.4 is 5.32 Å². The van der Waals surface area contributed by atoms with Gasteiger partial charge in [0.2, 0.25) is 0 Å². The summed E-state index contributed by atoms with van der Waals surface area (Å²) in [5, 5.41) is 3.67. The van der Waals surface area contributed by atoms with Gasteiger partial charge in [0.05, 0.1) is 33.0 Å². The highest BCUT2D eigenvalue weighted by molar-refractivity contribution is 4.86. The molecular weight excluding hydrogens is 268 g/mol. The van der Waals surface area contributed by atoms with Crippen LogP contribution in [0.5, 0.6) is 0 Å². The minimum atomic E-state index is 0.590. The van der Waals surface area contributed by atoms with E-state index in [9.17, 15) is 0 Å². The second kappa shape index (κ2) is 11.4. The van der Waals surface area contributed by atoms with Crippen molar-refractivity contribution in [2.45, 2.75) is 39.3 Å². The van der Waals surface area contributed by atoms with E-state index in [1.165, 1.54) is 6.42 Å². The summed E-state index contributed by atoms with van der Waals surface area (Å²) in [5.74, 6) is 0.732. The third kappa shape index (κ3) is 7.56. The Morgan fingerprint density at radius 1 is 1.14 bits per heavy atom. The van der Waals surface area contributed by atoms with Crippen LogP contribution >= 0.6 is 0 Å². The molecular formula is C16H34N2O3. The van der Waals surface area contributed by atoms with E-state index in [0.29, 0.717) is 38.5 Å². The van der Waals surface area contributed by atoms with Crippen molar-refractivity contribution in [3.8, 4) is 0 Å². The highest BCUT2D eigenvalue weighted by atomic mass is 16.5. The quantitative estimate of drug-likeness (QED) is 0.584. The van der Waals surface area contributed by atoms with E-state index in [0.717, 1.165) is 32.2 Å². The molecule has 3 unspecified atom stereocenters. The zero-order valence-corrected chi connectivity index (χ0v) is 14.3. The van der Waals surface area contributed by atoms with Crippen LogP contribution in [0.1, 0.15) is 27.2 Å². The second-order valence-corrected chi connectivity index (χ2v) is 5.96. The summed E-state index contributed by atoms with van der Waals surface area (Å²) in [6.45, 7) is 13.5. The number of hydrogen-bond acceptors (Lipinski definition) is 5. The van der Waals surface area contributed by atoms with Gasteiger partial charge in [-0.2, -0.15) is 0 Å². The van der Waals surface area contributed by atoms with Gasteiger partial charge in [-0.3, -0.25) is 4.90 Å². The van der Waals surface area contributed by atoms with Gasteiger partial charge in [0.1, 0.15) is 0 Å². The third-order valence-electron chi connectivity index (χ3n) is 4.39. The first kappa shape index (κ1) is 18.8. The van der Waals surface area contributed by atoms with Gasteiger partial charge < -0.3 is 19.5 Å². The van der Waals surface area contributed by atoms with Crippen molar-refractivity contribution in [1.82, 2.24) is 10.2 Å². The minimum Gasteiger partial charge on any atom is -0.382 e. The predicted octanol–water partition coefficient (Wildman–Crippen LogP) is 1.37. The first-order valence-corrected chi connectivity index (χ1v) is 8.30. The fourth-order valence-corrected chi connectivity index (χ4v) is 2.57. The van der Waals surface area contributed by atoms with E-state index in [-0.39, 0.29) is 0 Å². The molecule has 1 heterocycles. The maximum absolute atomic E-state index is 5.66. The van der Waals surface area contributed by atoms with Crippen molar-refractivity contribution < 1.29 is 14.2 Å². The van der Waals surface area contributed by atoms with Crippen molar-refractivity contribution in [3.63, 3.8) is 0 Å². The van der Waals surface area contributed by atoms with E-state index in [1.807, 2.05) is 0 Å². The number of piperazine rings is 1. The molecule has 1 saturated heterocycles. The monoisotopic (exact) mass is 302 g/mol. The molecule has 5 heteroatoms. The molecule has 0 amide bonds. The normalized spacial score (nSPS) is 25.1. The lowest BCUT2D eigenvalue weighted by Crippen LogP contribution is -2.57. The number of rotatable bonds is 11. The first-order chi connectivity index (χ1) is 10.2. The van der Waals surface area contributed by atoms with E-state index < -0.39 is 0 Å². The molecule has 1 rings (SSSR count). The van der Waals surface area contributed by atoms with Gasteiger partial charge in [-0.25, -0.2) is 0 Å². The first-order valence-electron chi connectivity index (χ1n) is 8.30. The molecule has 1 aliphatic rings. The molecule has 21 heavy (non-hydrogen) atoms. The summed E-state index contributed by atoms with van der Waals surface area (Å²) in [5.41, 5.74) is 0. The number of hydrogen-bond donors (Lipinski definition) is 1. The summed E-state index contributed by atoms with van der Waals surface area (Å²) in [7, 11) is 1.68. The molecule has 0 aliphatic carbocycles. The molecule has 0 aromatic carbocycles. The molecule has 0 spiro atoms. The predicted molar refractivity (Wildman–Crippen MR) is 85.8 cm³/mol. The summed E-state index contributed by atoms with van der Waals surface area (Å²) < 4.78 is 16.0. The fraction of sp³-hybridized carbons (Fsp3) is 1.00. The van der Waals surface area contributed by atoms with Gasteiger partial charge in [-0.1, -0.05) is 20.3 Å². The maximum atomic E-state index is 5.66. The molecule has 0 radical (unpaired) electrons. The lowest BCUT2D eigenvalue weighted by Gasteiger charge is -2.40. The Hall–Kier alpha value is -0.200. The van der Waals surface area contributed by atoms with E-state index >= 15 is 0 Å². The lowest BCUT2D eigenvalue weighted by molar-refractivity contribution is 0.0122. The molecule has 5 nitrogen and oxygen atoms in total. The van der Waals surface area contributed by atoms with E-state index in [4.69, 9.17) is 14.2 Å². The number of nitrogens with one attached hydrogen (secondary N) is 1. The molecule has 0 aromatic rings. The summed E-state index contributed by atoms with van der Waals surface area (Å²) in [6.07, 6.45) is 1.23. The van der Waals surface area contributed by atoms with Crippen LogP contribution in [-0.4, -0.2) is 76.8 Å². The zero-order chi connectivity index (χ0) is 15.5. The Morgan fingerprint density at radius 2 is 1.81 bits per heavy atom. The second-order valence-electron chi connectivity index (χ2n) is 5.96. The van der Waals surface area contributed by atoms with Crippen LogP contribution in [0, 0.1) is 5.92 Å². The van der Waals surface area contributed by atoms with Crippen molar-refractivity contribution in [1.29, 1.82) is 0 Å². The third-order valence-corrected chi connectivity index (χ3v) is 4.39. The van der Waals surface area contributed by atoms with Crippen molar-refractivity contribution >= 4 is 0 Å². The fourth-order valence-electron chi connectivity index (χ4n) is 2.57. The van der Waals surface area contributed by atoms with Crippen LogP contribution in [0.3, 0.4) is 0 Å². The van der Waals surface area contributed by atoms with Gasteiger partial charge in [0.25, 0.3) is 0 Å². The largest absolute Gasteiger partial charge is 0.382 e. The van der Waals surface area contributed by atoms with Gasteiger partial charge in [-0.05, 0) is 12.8 Å². The highest BCUT2D eigenvalue weighted by Gasteiger charge is 2.27. The Bertz CT molecular complexity index is 254. The zero-order valence-electron chi connectivity index (χ0n) is 14.3. The van der Waals surface area contributed by atoms with Crippen molar-refractivity contribution in [3.05, 3.63) is 0 Å². The standard InChI is InChI=1S/C16H34N2O3/c1-5-14(2)16-13-18(15(3)12-17-16)6-7-20-10-11-21-9-8-19-4/h14-17H,5-13H2,1-4H3. The Morgan fingerprint density at radius 3 is 2.48 bits per heavy atom. The Kier molecular flexibility index (Phi) is 10.2. The van der Waals surface area contributed by atoms with E-state index in [2.05, 4.69) is 31.0 Å². The van der Waals surface area contributed by atoms with E-state index in [1.54, 1.807) is 7.11 Å². The van der Waals surface area contributed by atoms with Crippen LogP contribution in [0.4, 0.5) is 0 Å². The van der Waals surface area contributed by atoms with Gasteiger partial charge in [0, 0.05) is 38.8 Å². The van der Waals surface area contributed by atoms with Gasteiger partial charge in [0.15, 0.2) is 0 Å². The van der Waals surface area contributed by atoms with Crippen molar-refractivity contribution in [2.24, 2.45) is 5.92 Å². The molecule has 1 aliphatic heterocycles. The summed E-state index contributed by atoms with van der Waals surface area (Å²) in [4.78, 5) is 2.54. The van der Waals surface area contributed by atoms with Crippen molar-refractivity contribution in [2.75, 3.05) is 59.8 Å². The van der Waals surface area contributed by atoms with Crippen LogP contribution in [0.2, 0.25) is 0 Å². The summed E-state index contributed by atoms with van der Waals surface area (Å²) in [6, 6.07) is 1.20. The maximum Gasteiger partial charge on any atom is 0.0701 e. The topological polar surface area (TPSA) is 43.0 Å². The number of nitrogens with zero attached hydrogens (tertiary/aromatic N) is 1. The summed E-state index contributed by atoms with van der Waals surface area (Å²) >= 11 is 0. The van der Waals surface area contributed by atoms with Crippen LogP contribution in [0.15, 0.2) is 0 Å². The van der Waals surface area contributed by atoms with Gasteiger partial charge in [-0.15, -0.1) is 0 Å². The molecule has 3 atom stereocenters. The average molecular weight is 302 g/mol. The molecule has 126 valence electrons. The smallest absolute Gasteiger partial charge is 0.0701 e. The SMILES string of the molecule is CCC(C)C1CN(CCOCCOCCOC)C(C)CN1. The molecule has 1 N–H and O–H groups in total. The Labute approximate surface area is 130 Å². The molecule has 0 bridgehead atoms. The van der Waals surface area contributed by atoms with Gasteiger partial charge >= 0.3 is 0 Å². The number of ether oxygens (including phenoxy) is 3. The molecule has 0 saturated carbocycles. The minimum absolute atomic E-state index is 0.590. The van der Waals surface area contributed by atoms with Crippen LogP contribution in [-0.2, 0) is 14.2 Å². The van der Waals surface area contributed by atoms with Crippen LogP contribution in [0.25, 0.3) is 0 Å². The highest BCUT2D eigenvalue weighted by Crippen LogP contribution is 2.15. The molecule has 0 aromatic heterocycles. The lowest BCUT2D eigenvalue weighted by atomic mass is 9.96.